The molecule has 1 saturated heterocycles. The molecule has 1 heterocycles. The number of hydrogen-bond acceptors (Lipinski definition) is 6. The molecule has 2 N–H and O–H groups in total. The van der Waals surface area contributed by atoms with Crippen LogP contribution in [0.5, 0.6) is 0 Å². The summed E-state index contributed by atoms with van der Waals surface area (Å²) in [6.07, 6.45) is -0.197. The minimum Gasteiger partial charge on any atom is -0.353 e. The quantitative estimate of drug-likeness (QED) is 0.306. The largest absolute Gasteiger partial charge is 0.353 e. The highest BCUT2D eigenvalue weighted by Crippen LogP contribution is 2.12. The second-order valence-corrected chi connectivity index (χ2v) is 5.63. The number of hydroxylamine groups is 2. The molecule has 0 spiro atoms. The lowest BCUT2D eigenvalue weighted by atomic mass is 10.4. The molecule has 0 saturated carbocycles. The Morgan fingerprint density at radius 2 is 1.82 bits per heavy atom. The van der Waals surface area contributed by atoms with Crippen molar-refractivity contribution in [2.45, 2.75) is 24.2 Å². The van der Waals surface area contributed by atoms with E-state index in [9.17, 15) is 24.0 Å². The third-order valence-electron chi connectivity index (χ3n) is 2.47. The number of imide groups is 1. The summed E-state index contributed by atoms with van der Waals surface area (Å²) in [6.45, 7) is -0.0693. The molecular formula is C11H13Br2N3O6. The van der Waals surface area contributed by atoms with Gasteiger partial charge in [-0.1, -0.05) is 31.9 Å². The van der Waals surface area contributed by atoms with Crippen molar-refractivity contribution in [3.8, 4) is 0 Å². The molecule has 0 aromatic carbocycles. The van der Waals surface area contributed by atoms with Crippen LogP contribution in [0.15, 0.2) is 0 Å². The molecule has 1 aliphatic rings. The Kier molecular flexibility index (Phi) is 7.45. The molecule has 1 atom stereocenters. The van der Waals surface area contributed by atoms with Crippen molar-refractivity contribution in [1.82, 2.24) is 15.7 Å². The fraction of sp³-hybridized carbons (Fsp3) is 0.545. The van der Waals surface area contributed by atoms with Gasteiger partial charge < -0.3 is 15.5 Å². The second kappa shape index (κ2) is 8.83. The summed E-state index contributed by atoms with van der Waals surface area (Å²) in [5.74, 6) is -2.89. The summed E-state index contributed by atoms with van der Waals surface area (Å²) in [5, 5.41) is 5.21. The number of alkyl halides is 2. The van der Waals surface area contributed by atoms with Gasteiger partial charge >= 0.3 is 5.97 Å². The van der Waals surface area contributed by atoms with E-state index in [-0.39, 0.29) is 37.0 Å². The molecule has 0 radical (unpaired) electrons. The van der Waals surface area contributed by atoms with Crippen LogP contribution in [-0.4, -0.2) is 51.5 Å². The van der Waals surface area contributed by atoms with Crippen molar-refractivity contribution in [1.29, 1.82) is 0 Å². The molecule has 1 unspecified atom stereocenters. The monoisotopic (exact) mass is 441 g/mol. The van der Waals surface area contributed by atoms with E-state index in [1.54, 1.807) is 0 Å². The summed E-state index contributed by atoms with van der Waals surface area (Å²) >= 11 is 5.89. The molecule has 122 valence electrons. The van der Waals surface area contributed by atoms with E-state index >= 15 is 0 Å². The second-order valence-electron chi connectivity index (χ2n) is 4.15. The number of rotatable bonds is 7. The molecule has 0 aliphatic carbocycles. The van der Waals surface area contributed by atoms with Crippen molar-refractivity contribution in [2.24, 2.45) is 0 Å². The number of hydrogen-bond donors (Lipinski definition) is 2. The molecule has 1 rings (SSSR count). The van der Waals surface area contributed by atoms with E-state index in [2.05, 4.69) is 47.3 Å². The Labute approximate surface area is 142 Å². The molecule has 0 bridgehead atoms. The zero-order chi connectivity index (χ0) is 16.7. The smallest absolute Gasteiger partial charge is 0.334 e. The maximum Gasteiger partial charge on any atom is 0.334 e. The van der Waals surface area contributed by atoms with E-state index in [1.807, 2.05) is 0 Å². The fourth-order valence-electron chi connectivity index (χ4n) is 1.43. The lowest BCUT2D eigenvalue weighted by Gasteiger charge is -2.14. The number of carbonyl (C=O) groups is 5. The van der Waals surface area contributed by atoms with E-state index in [4.69, 9.17) is 0 Å². The summed E-state index contributed by atoms with van der Waals surface area (Å²) in [7, 11) is 0. The molecule has 1 fully saturated rings. The van der Waals surface area contributed by atoms with Crippen LogP contribution in [0.2, 0.25) is 0 Å². The minimum absolute atomic E-state index is 0.0153. The first-order chi connectivity index (χ1) is 10.3. The fourth-order valence-corrected chi connectivity index (χ4v) is 2.01. The zero-order valence-electron chi connectivity index (χ0n) is 11.3. The van der Waals surface area contributed by atoms with Gasteiger partial charge in [0.15, 0.2) is 4.95 Å². The molecule has 22 heavy (non-hydrogen) atoms. The van der Waals surface area contributed by atoms with Crippen LogP contribution in [0.4, 0.5) is 0 Å². The number of halogens is 2. The Morgan fingerprint density at radius 1 is 1.23 bits per heavy atom. The van der Waals surface area contributed by atoms with Gasteiger partial charge in [-0.15, -0.1) is 5.06 Å². The first-order valence-electron chi connectivity index (χ1n) is 6.19. The highest BCUT2D eigenvalue weighted by molar-refractivity contribution is 9.10. The number of amides is 4. The SMILES string of the molecule is O=C(CBr)NC(Br)C(=O)NCCC(=O)ON1C(=O)CCC1=O. The lowest BCUT2D eigenvalue weighted by Crippen LogP contribution is -2.44. The van der Waals surface area contributed by atoms with Crippen LogP contribution in [-0.2, 0) is 28.8 Å². The first kappa shape index (κ1) is 18.6. The van der Waals surface area contributed by atoms with Gasteiger partial charge in [0.05, 0.1) is 11.8 Å². The molecular weight excluding hydrogens is 430 g/mol. The van der Waals surface area contributed by atoms with Gasteiger partial charge in [0, 0.05) is 19.4 Å². The van der Waals surface area contributed by atoms with E-state index in [1.165, 1.54) is 0 Å². The van der Waals surface area contributed by atoms with Gasteiger partial charge in [-0.3, -0.25) is 19.2 Å². The van der Waals surface area contributed by atoms with Crippen LogP contribution in [0.1, 0.15) is 19.3 Å². The van der Waals surface area contributed by atoms with Crippen LogP contribution in [0.3, 0.4) is 0 Å². The van der Waals surface area contributed by atoms with Crippen molar-refractivity contribution in [2.75, 3.05) is 11.9 Å². The standard InChI is InChI=1S/C11H13Br2N3O6/c12-5-6(17)15-10(13)11(21)14-4-3-9(20)22-16-7(18)1-2-8(16)19/h10H,1-5H2,(H,14,21)(H,15,17). The topological polar surface area (TPSA) is 122 Å². The lowest BCUT2D eigenvalue weighted by molar-refractivity contribution is -0.197. The predicted molar refractivity (Wildman–Crippen MR) is 79.5 cm³/mol. The van der Waals surface area contributed by atoms with Crippen LogP contribution >= 0.6 is 31.9 Å². The van der Waals surface area contributed by atoms with Crippen molar-refractivity contribution < 1.29 is 28.8 Å². The van der Waals surface area contributed by atoms with Gasteiger partial charge in [-0.2, -0.15) is 0 Å². The van der Waals surface area contributed by atoms with Gasteiger partial charge in [0.1, 0.15) is 0 Å². The van der Waals surface area contributed by atoms with Gasteiger partial charge in [-0.05, 0) is 0 Å². The molecule has 11 heteroatoms. The van der Waals surface area contributed by atoms with Crippen LogP contribution in [0.25, 0.3) is 0 Å². The number of nitrogens with one attached hydrogen (secondary N) is 2. The Hall–Kier alpha value is -1.49. The summed E-state index contributed by atoms with van der Waals surface area (Å²) in [6, 6.07) is 0. The molecule has 0 aromatic heterocycles. The van der Waals surface area contributed by atoms with Crippen molar-refractivity contribution in [3.63, 3.8) is 0 Å². The summed E-state index contributed by atoms with van der Waals surface area (Å²) in [4.78, 5) is 60.2. The van der Waals surface area contributed by atoms with E-state index < -0.39 is 28.6 Å². The van der Waals surface area contributed by atoms with Crippen LogP contribution in [0, 0.1) is 0 Å². The van der Waals surface area contributed by atoms with Gasteiger partial charge in [-0.25, -0.2) is 4.79 Å². The first-order valence-corrected chi connectivity index (χ1v) is 8.22. The minimum atomic E-state index is -0.935. The van der Waals surface area contributed by atoms with Crippen molar-refractivity contribution >= 4 is 61.5 Å². The zero-order valence-corrected chi connectivity index (χ0v) is 14.4. The third kappa shape index (κ3) is 5.72. The highest BCUT2D eigenvalue weighted by atomic mass is 79.9. The average Bonchev–Trinajstić information content (AvgIpc) is 2.78. The predicted octanol–water partition coefficient (Wildman–Crippen LogP) is -0.668. The Bertz CT molecular complexity index is 482. The van der Waals surface area contributed by atoms with Crippen LogP contribution < -0.4 is 10.6 Å². The third-order valence-corrected chi connectivity index (χ3v) is 3.62. The number of carbonyl (C=O) groups excluding carboxylic acids is 5. The Balaban J connectivity index is 2.27. The molecule has 1 aliphatic heterocycles. The van der Waals surface area contributed by atoms with Gasteiger partial charge in [0.2, 0.25) is 5.91 Å². The summed E-state index contributed by atoms with van der Waals surface area (Å²) in [5.41, 5.74) is 0. The molecule has 0 aromatic rings. The normalized spacial score (nSPS) is 15.5. The molecule has 9 nitrogen and oxygen atoms in total. The molecule has 4 amide bonds. The maximum absolute atomic E-state index is 11.6. The Morgan fingerprint density at radius 3 is 2.36 bits per heavy atom. The van der Waals surface area contributed by atoms with Crippen molar-refractivity contribution in [3.05, 3.63) is 0 Å². The van der Waals surface area contributed by atoms with Gasteiger partial charge in [0.25, 0.3) is 17.7 Å². The summed E-state index contributed by atoms with van der Waals surface area (Å²) < 4.78 is 0. The van der Waals surface area contributed by atoms with E-state index in [0.717, 1.165) is 0 Å². The maximum atomic E-state index is 11.6. The highest BCUT2D eigenvalue weighted by Gasteiger charge is 2.32. The number of nitrogens with zero attached hydrogens (tertiary/aromatic N) is 1. The van der Waals surface area contributed by atoms with E-state index in [0.29, 0.717) is 5.06 Å². The average molecular weight is 443 g/mol.